The maximum absolute atomic E-state index is 11.6. The van der Waals surface area contributed by atoms with Gasteiger partial charge in [0.25, 0.3) is 0 Å². The van der Waals surface area contributed by atoms with Crippen LogP contribution in [0, 0.1) is 5.92 Å². The number of Topliss-reactive ketones (excluding diaryl/α,β-unsaturated/α-hetero) is 1. The van der Waals surface area contributed by atoms with Gasteiger partial charge in [0, 0.05) is 12.6 Å². The highest BCUT2D eigenvalue weighted by Gasteiger charge is 2.07. The summed E-state index contributed by atoms with van der Waals surface area (Å²) in [4.78, 5) is 15.5. The van der Waals surface area contributed by atoms with E-state index in [1.807, 2.05) is 0 Å². The first-order valence-corrected chi connectivity index (χ1v) is 5.12. The second kappa shape index (κ2) is 5.11. The molecule has 0 aliphatic rings. The monoisotopic (exact) mass is 211 g/mol. The molecule has 0 bridgehead atoms. The third kappa shape index (κ3) is 3.46. The van der Waals surface area contributed by atoms with Crippen molar-refractivity contribution in [3.63, 3.8) is 0 Å². The van der Waals surface area contributed by atoms with Gasteiger partial charge in [-0.1, -0.05) is 25.4 Å². The second-order valence-electron chi connectivity index (χ2n) is 3.72. The molecule has 0 fully saturated rings. The Morgan fingerprint density at radius 3 is 2.71 bits per heavy atom. The molecule has 0 atom stereocenters. The van der Waals surface area contributed by atoms with Crippen LogP contribution in [0.2, 0.25) is 5.02 Å². The standard InChI is InChI=1S/C11H14ClNO/c1-8(2)3-6-11(14)10-5-4-9(12)7-13-10/h4-5,7-8H,3,6H2,1-2H3. The molecule has 0 aliphatic heterocycles. The van der Waals surface area contributed by atoms with E-state index >= 15 is 0 Å². The molecule has 2 nitrogen and oxygen atoms in total. The van der Waals surface area contributed by atoms with Crippen LogP contribution in [0.3, 0.4) is 0 Å². The number of ketones is 1. The van der Waals surface area contributed by atoms with Crippen LogP contribution in [-0.2, 0) is 0 Å². The summed E-state index contributed by atoms with van der Waals surface area (Å²) in [6.07, 6.45) is 2.97. The lowest BCUT2D eigenvalue weighted by Crippen LogP contribution is -2.03. The van der Waals surface area contributed by atoms with Crippen LogP contribution in [0.5, 0.6) is 0 Å². The van der Waals surface area contributed by atoms with E-state index in [4.69, 9.17) is 11.6 Å². The zero-order valence-electron chi connectivity index (χ0n) is 8.46. The first-order valence-electron chi connectivity index (χ1n) is 4.74. The minimum Gasteiger partial charge on any atom is -0.292 e. The van der Waals surface area contributed by atoms with Crippen molar-refractivity contribution in [2.75, 3.05) is 0 Å². The van der Waals surface area contributed by atoms with Gasteiger partial charge in [-0.15, -0.1) is 0 Å². The Morgan fingerprint density at radius 2 is 2.21 bits per heavy atom. The van der Waals surface area contributed by atoms with Crippen LogP contribution in [0.1, 0.15) is 37.2 Å². The van der Waals surface area contributed by atoms with Crippen molar-refractivity contribution in [3.05, 3.63) is 29.0 Å². The highest BCUT2D eigenvalue weighted by Crippen LogP contribution is 2.11. The minimum atomic E-state index is 0.0929. The number of pyridine rings is 1. The number of rotatable bonds is 4. The smallest absolute Gasteiger partial charge is 0.181 e. The topological polar surface area (TPSA) is 30.0 Å². The van der Waals surface area contributed by atoms with Gasteiger partial charge in [0.1, 0.15) is 5.69 Å². The van der Waals surface area contributed by atoms with Gasteiger partial charge >= 0.3 is 0 Å². The summed E-state index contributed by atoms with van der Waals surface area (Å²) in [5, 5.41) is 0.561. The van der Waals surface area contributed by atoms with E-state index in [1.165, 1.54) is 6.20 Å². The molecule has 0 saturated carbocycles. The molecule has 0 saturated heterocycles. The molecule has 0 aromatic carbocycles. The third-order valence-electron chi connectivity index (χ3n) is 1.96. The van der Waals surface area contributed by atoms with E-state index in [0.29, 0.717) is 23.1 Å². The van der Waals surface area contributed by atoms with Gasteiger partial charge in [0.05, 0.1) is 5.02 Å². The normalized spacial score (nSPS) is 10.6. The van der Waals surface area contributed by atoms with Crippen molar-refractivity contribution in [2.45, 2.75) is 26.7 Å². The Balaban J connectivity index is 2.57. The highest BCUT2D eigenvalue weighted by molar-refractivity contribution is 6.30. The maximum atomic E-state index is 11.6. The molecule has 0 spiro atoms. The number of carbonyl (C=O) groups is 1. The highest BCUT2D eigenvalue weighted by atomic mass is 35.5. The van der Waals surface area contributed by atoms with Gasteiger partial charge in [0.2, 0.25) is 0 Å². The summed E-state index contributed by atoms with van der Waals surface area (Å²) >= 11 is 5.67. The zero-order chi connectivity index (χ0) is 10.6. The molecule has 1 heterocycles. The predicted octanol–water partition coefficient (Wildman–Crippen LogP) is 3.35. The molecule has 0 N–H and O–H groups in total. The molecule has 1 rings (SSSR count). The van der Waals surface area contributed by atoms with Crippen molar-refractivity contribution >= 4 is 17.4 Å². The SMILES string of the molecule is CC(C)CCC(=O)c1ccc(Cl)cn1. The van der Waals surface area contributed by atoms with E-state index in [0.717, 1.165) is 6.42 Å². The quantitative estimate of drug-likeness (QED) is 0.715. The summed E-state index contributed by atoms with van der Waals surface area (Å²) in [6.45, 7) is 4.20. The van der Waals surface area contributed by atoms with Crippen LogP contribution < -0.4 is 0 Å². The van der Waals surface area contributed by atoms with Gasteiger partial charge in [0.15, 0.2) is 5.78 Å². The van der Waals surface area contributed by atoms with E-state index in [-0.39, 0.29) is 5.78 Å². The molecule has 0 amide bonds. The van der Waals surface area contributed by atoms with Gasteiger partial charge < -0.3 is 0 Å². The molecule has 76 valence electrons. The predicted molar refractivity (Wildman–Crippen MR) is 57.6 cm³/mol. The summed E-state index contributed by atoms with van der Waals surface area (Å²) < 4.78 is 0. The molecule has 1 aromatic rings. The molecule has 14 heavy (non-hydrogen) atoms. The van der Waals surface area contributed by atoms with E-state index in [9.17, 15) is 4.79 Å². The molecule has 1 aromatic heterocycles. The molecule has 0 unspecified atom stereocenters. The van der Waals surface area contributed by atoms with Gasteiger partial charge in [-0.05, 0) is 24.5 Å². The summed E-state index contributed by atoms with van der Waals surface area (Å²) in [6, 6.07) is 3.36. The van der Waals surface area contributed by atoms with E-state index in [2.05, 4.69) is 18.8 Å². The van der Waals surface area contributed by atoms with Crippen LogP contribution in [-0.4, -0.2) is 10.8 Å². The molecule has 0 aliphatic carbocycles. The van der Waals surface area contributed by atoms with Crippen LogP contribution in [0.25, 0.3) is 0 Å². The zero-order valence-corrected chi connectivity index (χ0v) is 9.21. The van der Waals surface area contributed by atoms with Crippen LogP contribution >= 0.6 is 11.6 Å². The first kappa shape index (κ1) is 11.2. The van der Waals surface area contributed by atoms with E-state index < -0.39 is 0 Å². The Hall–Kier alpha value is -0.890. The number of hydrogen-bond donors (Lipinski definition) is 0. The number of nitrogens with zero attached hydrogens (tertiary/aromatic N) is 1. The third-order valence-corrected chi connectivity index (χ3v) is 2.19. The lowest BCUT2D eigenvalue weighted by Gasteiger charge is -2.03. The minimum absolute atomic E-state index is 0.0929. The van der Waals surface area contributed by atoms with Crippen molar-refractivity contribution in [1.29, 1.82) is 0 Å². The molecular weight excluding hydrogens is 198 g/mol. The maximum Gasteiger partial charge on any atom is 0.181 e. The Morgan fingerprint density at radius 1 is 1.50 bits per heavy atom. The van der Waals surface area contributed by atoms with Crippen LogP contribution in [0.15, 0.2) is 18.3 Å². The number of aromatic nitrogens is 1. The summed E-state index contributed by atoms with van der Waals surface area (Å²) in [5.74, 6) is 0.640. The van der Waals surface area contributed by atoms with Gasteiger partial charge in [-0.25, -0.2) is 0 Å². The van der Waals surface area contributed by atoms with Gasteiger partial charge in [-0.2, -0.15) is 0 Å². The fraction of sp³-hybridized carbons (Fsp3) is 0.455. The van der Waals surface area contributed by atoms with Crippen molar-refractivity contribution < 1.29 is 4.79 Å². The number of carbonyl (C=O) groups excluding carboxylic acids is 1. The van der Waals surface area contributed by atoms with Crippen molar-refractivity contribution in [3.8, 4) is 0 Å². The fourth-order valence-corrected chi connectivity index (χ4v) is 1.20. The molecular formula is C11H14ClNO. The fourth-order valence-electron chi connectivity index (χ4n) is 1.09. The number of halogens is 1. The average Bonchev–Trinajstić information content (AvgIpc) is 2.15. The van der Waals surface area contributed by atoms with Crippen LogP contribution in [0.4, 0.5) is 0 Å². The molecule has 0 radical (unpaired) electrons. The van der Waals surface area contributed by atoms with Crippen molar-refractivity contribution in [1.82, 2.24) is 4.98 Å². The average molecular weight is 212 g/mol. The Bertz CT molecular complexity index is 306. The summed E-state index contributed by atoms with van der Waals surface area (Å²) in [5.41, 5.74) is 0.509. The van der Waals surface area contributed by atoms with Crippen molar-refractivity contribution in [2.24, 2.45) is 5.92 Å². The number of hydrogen-bond acceptors (Lipinski definition) is 2. The second-order valence-corrected chi connectivity index (χ2v) is 4.15. The molecule has 3 heteroatoms. The lowest BCUT2D eigenvalue weighted by molar-refractivity contribution is 0.0970. The Kier molecular flexibility index (Phi) is 4.08. The lowest BCUT2D eigenvalue weighted by atomic mass is 10.0. The van der Waals surface area contributed by atoms with E-state index in [1.54, 1.807) is 12.1 Å². The van der Waals surface area contributed by atoms with Gasteiger partial charge in [-0.3, -0.25) is 9.78 Å². The first-order chi connectivity index (χ1) is 6.59. The summed E-state index contributed by atoms with van der Waals surface area (Å²) in [7, 11) is 0. The largest absolute Gasteiger partial charge is 0.292 e. The Labute approximate surface area is 89.3 Å².